The van der Waals surface area contributed by atoms with Gasteiger partial charge in [0.05, 0.1) is 45.5 Å². The zero-order valence-electron chi connectivity index (χ0n) is 77.0. The van der Waals surface area contributed by atoms with Crippen LogP contribution in [0.2, 0.25) is 0 Å². The van der Waals surface area contributed by atoms with Crippen LogP contribution in [-0.2, 0) is 25.7 Å². The number of rotatable bonds is 28. The fourth-order valence-corrected chi connectivity index (χ4v) is 15.7. The molecule has 0 heterocycles. The molecule has 13 N–H and O–H groups in total. The Morgan fingerprint density at radius 3 is 0.535 bits per heavy atom. The molecule has 0 unspecified atom stereocenters. The zero-order chi connectivity index (χ0) is 100.0. The SMILES string of the molecule is Cc1cccc(OC(=O)Nc2ccc(Cc3ccc(NC(=O)N(c4cccc(OC(=O)Nc5ccc(Cc6ccc(NC(=O)N(c7cccc(O)c7)c7cccc(O)c7)cc6)cc5)c4)c4cccc(OC(=O)Nc5ccc(Cc6ccc(NC(=O)N(c7cccc(O)c7)c7cccc(OC(=O)Nc8ccc(Cc9ccc(NC(=O)N(c%10cccc(O)c%10)c%10cccc(O)c%10)cc9)cc8)c7)cc6)cc5)c4)cc3)cc2)c1. The molecule has 714 valence electrons. The van der Waals surface area contributed by atoms with E-state index in [9.17, 15) is 63.9 Å². The Kier molecular flexibility index (Phi) is 29.7. The molecule has 17 aromatic rings. The van der Waals surface area contributed by atoms with Crippen molar-refractivity contribution in [2.45, 2.75) is 32.6 Å². The van der Waals surface area contributed by atoms with Crippen molar-refractivity contribution in [3.8, 4) is 51.7 Å². The molecule has 0 atom stereocenters. The van der Waals surface area contributed by atoms with Crippen molar-refractivity contribution in [1.82, 2.24) is 0 Å². The third kappa shape index (κ3) is 26.0. The molecule has 0 aliphatic rings. The molecule has 0 aliphatic carbocycles. The van der Waals surface area contributed by atoms with Gasteiger partial charge in [-0.3, -0.25) is 40.9 Å². The lowest BCUT2D eigenvalue weighted by molar-refractivity contribution is 0.214. The van der Waals surface area contributed by atoms with Crippen molar-refractivity contribution < 1.29 is 82.8 Å². The van der Waals surface area contributed by atoms with Gasteiger partial charge in [-0.25, -0.2) is 38.4 Å². The smallest absolute Gasteiger partial charge is 0.417 e. The van der Waals surface area contributed by atoms with E-state index >= 15 is 0 Å². The van der Waals surface area contributed by atoms with Gasteiger partial charge in [0.15, 0.2) is 0 Å². The van der Waals surface area contributed by atoms with Crippen LogP contribution < -0.4 is 81.1 Å². The molecule has 12 amide bonds. The Hall–Kier alpha value is -20.1. The van der Waals surface area contributed by atoms with E-state index in [1.165, 1.54) is 98.5 Å². The van der Waals surface area contributed by atoms with E-state index in [1.807, 2.05) is 110 Å². The van der Waals surface area contributed by atoms with Crippen LogP contribution in [0.1, 0.15) is 50.1 Å². The normalized spacial score (nSPS) is 10.7. The molecule has 29 nitrogen and oxygen atoms in total. The number of nitrogens with zero attached hydrogens (tertiary/aromatic N) is 4. The highest BCUT2D eigenvalue weighted by Gasteiger charge is 2.27. The molecule has 0 fully saturated rings. The van der Waals surface area contributed by atoms with Gasteiger partial charge in [-0.05, 0) is 289 Å². The lowest BCUT2D eigenvalue weighted by Gasteiger charge is -2.24. The predicted octanol–water partition coefficient (Wildman–Crippen LogP) is 26.8. The Labute approximate surface area is 826 Å². The van der Waals surface area contributed by atoms with E-state index in [0.717, 1.165) is 50.1 Å². The van der Waals surface area contributed by atoms with Crippen LogP contribution in [0.25, 0.3) is 0 Å². The lowest BCUT2D eigenvalue weighted by atomic mass is 10.0. The van der Waals surface area contributed by atoms with Gasteiger partial charge in [0.1, 0.15) is 51.7 Å². The molecule has 17 rings (SSSR count). The second kappa shape index (κ2) is 44.8. The number of hydrogen-bond acceptors (Lipinski definition) is 17. The maximum atomic E-state index is 14.9. The summed E-state index contributed by atoms with van der Waals surface area (Å²) in [5.74, 6) is 0.439. The lowest BCUT2D eigenvalue weighted by Crippen LogP contribution is -2.31. The van der Waals surface area contributed by atoms with E-state index in [0.29, 0.717) is 111 Å². The van der Waals surface area contributed by atoms with E-state index in [1.54, 1.807) is 231 Å². The number of aromatic hydroxyl groups is 5. The minimum Gasteiger partial charge on any atom is -0.508 e. The number of amides is 12. The fourth-order valence-electron chi connectivity index (χ4n) is 15.7. The summed E-state index contributed by atoms with van der Waals surface area (Å²) < 4.78 is 22.9. The number of urea groups is 4. The third-order valence-corrected chi connectivity index (χ3v) is 22.6. The summed E-state index contributed by atoms with van der Waals surface area (Å²) in [6.45, 7) is 1.91. The highest BCUT2D eigenvalue weighted by atomic mass is 16.6. The standard InChI is InChI=1S/C115H92N12O17/c1-74-11-2-25-104(61-74)141-112(137)120-87-53-37-79(38-54-87)65-78-35-51-86(52-36-78)119-111(136)127(97-18-9-27-106(72-97)143-114(139)122-89-57-41-81(42-58-89)63-76-31-47-84(48-32-76)117-109(134)125(93-14-5-22-101(130)68-93)94-15-6-23-102(131)69-94)98-19-10-28-107(73-98)144-115(140)123-90-59-43-82(44-60-90)64-77-33-49-85(50-34-77)118-110(135)126(95-16-7-24-103(132)70-95)96-17-8-26-105(71-96)142-113(138)121-88-55-39-80(40-56-88)62-75-29-45-83(46-30-75)116-108(133)124(91-12-3-20-99(128)66-91)92-13-4-21-100(129)67-92/h2-61,66-73,128-132H,62-65H2,1H3,(H,116,133)(H,117,134)(H,118,135)(H,119,136)(H,120,137)(H,121,138)(H,122,139)(H,123,140). The van der Waals surface area contributed by atoms with Crippen molar-refractivity contribution in [1.29, 1.82) is 0 Å². The third-order valence-electron chi connectivity index (χ3n) is 22.6. The highest BCUT2D eigenvalue weighted by Crippen LogP contribution is 2.39. The van der Waals surface area contributed by atoms with Crippen LogP contribution in [0, 0.1) is 6.92 Å². The van der Waals surface area contributed by atoms with Gasteiger partial charge >= 0.3 is 48.5 Å². The van der Waals surface area contributed by atoms with Crippen LogP contribution in [-0.4, -0.2) is 74.0 Å². The van der Waals surface area contributed by atoms with Gasteiger partial charge in [-0.2, -0.15) is 0 Å². The second-order valence-electron chi connectivity index (χ2n) is 33.3. The van der Waals surface area contributed by atoms with Crippen LogP contribution in [0.3, 0.4) is 0 Å². The van der Waals surface area contributed by atoms with Gasteiger partial charge in [-0.1, -0.05) is 158 Å². The molecule has 0 saturated heterocycles. The van der Waals surface area contributed by atoms with E-state index < -0.39 is 48.5 Å². The second-order valence-corrected chi connectivity index (χ2v) is 33.3. The number of hydrogen-bond donors (Lipinski definition) is 13. The summed E-state index contributed by atoms with van der Waals surface area (Å²) >= 11 is 0. The molecule has 0 bridgehead atoms. The van der Waals surface area contributed by atoms with Gasteiger partial charge < -0.3 is 65.7 Å². The fraction of sp³-hybridized carbons (Fsp3) is 0.0435. The average molecular weight is 1910 g/mol. The average Bonchev–Trinajstić information content (AvgIpc) is 0.804. The highest BCUT2D eigenvalue weighted by molar-refractivity contribution is 6.11. The first-order valence-electron chi connectivity index (χ1n) is 45.4. The number of carbonyl (C=O) groups excluding carboxylic acids is 8. The minimum atomic E-state index is -0.836. The van der Waals surface area contributed by atoms with Gasteiger partial charge in [0.2, 0.25) is 0 Å². The summed E-state index contributed by atoms with van der Waals surface area (Å²) in [4.78, 5) is 116. The van der Waals surface area contributed by atoms with Gasteiger partial charge in [-0.15, -0.1) is 0 Å². The minimum absolute atomic E-state index is 0.0335. The molecule has 29 heteroatoms. The van der Waals surface area contributed by atoms with Crippen LogP contribution in [0.4, 0.5) is 129 Å². The van der Waals surface area contributed by atoms with Crippen LogP contribution in [0.5, 0.6) is 51.7 Å². The van der Waals surface area contributed by atoms with Crippen LogP contribution >= 0.6 is 0 Å². The van der Waals surface area contributed by atoms with Crippen molar-refractivity contribution in [2.75, 3.05) is 62.1 Å². The molecule has 0 spiro atoms. The summed E-state index contributed by atoms with van der Waals surface area (Å²) in [7, 11) is 0. The number of nitrogens with one attached hydrogen (secondary N) is 8. The van der Waals surface area contributed by atoms with E-state index in [-0.39, 0.29) is 57.4 Å². The number of phenolic OH excluding ortho intramolecular Hbond substituents is 5. The Morgan fingerprint density at radius 2 is 0.354 bits per heavy atom. The maximum absolute atomic E-state index is 14.9. The molecule has 17 aromatic carbocycles. The number of ether oxygens (including phenoxy) is 4. The molecule has 0 aliphatic heterocycles. The number of benzene rings is 17. The Balaban J connectivity index is 0.506. The first-order valence-corrected chi connectivity index (χ1v) is 45.4. The zero-order valence-corrected chi connectivity index (χ0v) is 77.0. The number of aryl methyl sites for hydroxylation is 1. The molecule has 0 saturated carbocycles. The Bertz CT molecular complexity index is 7440. The summed E-state index contributed by atoms with van der Waals surface area (Å²) in [6.07, 6.45) is -1.06. The molecule has 144 heavy (non-hydrogen) atoms. The Morgan fingerprint density at radius 1 is 0.194 bits per heavy atom. The predicted molar refractivity (Wildman–Crippen MR) is 557 cm³/mol. The van der Waals surface area contributed by atoms with E-state index in [4.69, 9.17) is 18.9 Å². The topological polar surface area (TPSA) is 384 Å². The first-order chi connectivity index (χ1) is 69.9. The van der Waals surface area contributed by atoms with Crippen LogP contribution in [0.15, 0.2) is 413 Å². The monoisotopic (exact) mass is 1910 g/mol. The van der Waals surface area contributed by atoms with Crippen molar-refractivity contribution in [3.05, 3.63) is 463 Å². The van der Waals surface area contributed by atoms with Gasteiger partial charge in [0.25, 0.3) is 0 Å². The molecule has 0 radical (unpaired) electrons. The molecule has 0 aromatic heterocycles. The summed E-state index contributed by atoms with van der Waals surface area (Å²) in [5, 5.41) is 74.3. The summed E-state index contributed by atoms with van der Waals surface area (Å²) in [6, 6.07) is 113. The number of phenols is 5. The van der Waals surface area contributed by atoms with Crippen molar-refractivity contribution in [2.24, 2.45) is 0 Å². The largest absolute Gasteiger partial charge is 0.508 e. The maximum Gasteiger partial charge on any atom is 0.417 e. The number of anilines is 16. The van der Waals surface area contributed by atoms with Gasteiger partial charge in [0, 0.05) is 94.0 Å². The molecular formula is C115H92N12O17. The number of carbonyl (C=O) groups is 8. The summed E-state index contributed by atoms with van der Waals surface area (Å²) in [5.41, 5.74) is 14.7. The van der Waals surface area contributed by atoms with Crippen molar-refractivity contribution >= 4 is 139 Å². The van der Waals surface area contributed by atoms with Crippen molar-refractivity contribution in [3.63, 3.8) is 0 Å². The first kappa shape index (κ1) is 95.6. The quantitative estimate of drug-likeness (QED) is 0.0217. The van der Waals surface area contributed by atoms with E-state index in [2.05, 4.69) is 42.5 Å². The molecular weight excluding hydrogens is 1820 g/mol.